The molecule has 0 bridgehead atoms. The van der Waals surface area contributed by atoms with Crippen LogP contribution in [-0.4, -0.2) is 66.4 Å². The number of nitrogens with zero attached hydrogens (tertiary/aromatic N) is 3. The highest BCUT2D eigenvalue weighted by Crippen LogP contribution is 2.29. The molecule has 0 unspecified atom stereocenters. The second-order valence-electron chi connectivity index (χ2n) is 8.72. The van der Waals surface area contributed by atoms with Gasteiger partial charge in [-0.1, -0.05) is 31.4 Å². The number of hydrogen-bond acceptors (Lipinski definition) is 6. The molecule has 0 saturated heterocycles. The van der Waals surface area contributed by atoms with Crippen LogP contribution in [0.1, 0.15) is 43.2 Å². The van der Waals surface area contributed by atoms with E-state index in [1.807, 2.05) is 24.4 Å². The van der Waals surface area contributed by atoms with Gasteiger partial charge in [-0.05, 0) is 56.3 Å². The summed E-state index contributed by atoms with van der Waals surface area (Å²) in [5, 5.41) is 10.5. The molecule has 1 fully saturated rings. The summed E-state index contributed by atoms with van der Waals surface area (Å²) in [6, 6.07) is 10.6. The van der Waals surface area contributed by atoms with Gasteiger partial charge in [0, 0.05) is 38.1 Å². The van der Waals surface area contributed by atoms with Crippen molar-refractivity contribution in [3.05, 3.63) is 53.9 Å². The molecule has 1 heterocycles. The Labute approximate surface area is 186 Å². The van der Waals surface area contributed by atoms with Gasteiger partial charge in [0.1, 0.15) is 12.7 Å². The van der Waals surface area contributed by atoms with Gasteiger partial charge < -0.3 is 19.5 Å². The number of aliphatic hydroxyl groups is 1. The number of rotatable bonds is 11. The lowest BCUT2D eigenvalue weighted by Gasteiger charge is -2.32. The molecule has 0 spiro atoms. The summed E-state index contributed by atoms with van der Waals surface area (Å²) in [6.07, 6.45) is 9.55. The molecule has 1 aliphatic carbocycles. The van der Waals surface area contributed by atoms with Crippen LogP contribution >= 0.6 is 0 Å². The van der Waals surface area contributed by atoms with E-state index in [-0.39, 0.29) is 6.61 Å². The molecule has 0 aliphatic heterocycles. The summed E-state index contributed by atoms with van der Waals surface area (Å²) in [4.78, 5) is 8.69. The molecular formula is C25H37N3O3. The molecule has 0 amide bonds. The normalized spacial score (nSPS) is 15.9. The first-order chi connectivity index (χ1) is 15.0. The van der Waals surface area contributed by atoms with Crippen LogP contribution in [-0.2, 0) is 13.1 Å². The molecule has 0 radical (unpaired) electrons. The Morgan fingerprint density at radius 1 is 1.06 bits per heavy atom. The van der Waals surface area contributed by atoms with Crippen molar-refractivity contribution in [1.29, 1.82) is 0 Å². The summed E-state index contributed by atoms with van der Waals surface area (Å²) < 4.78 is 11.5. The van der Waals surface area contributed by atoms with Crippen molar-refractivity contribution in [1.82, 2.24) is 14.8 Å². The van der Waals surface area contributed by atoms with E-state index in [4.69, 9.17) is 9.47 Å². The van der Waals surface area contributed by atoms with Crippen molar-refractivity contribution in [3.8, 4) is 11.5 Å². The number of methoxy groups -OCH3 is 1. The molecule has 1 aliphatic rings. The van der Waals surface area contributed by atoms with Crippen molar-refractivity contribution in [2.24, 2.45) is 0 Å². The fourth-order valence-electron chi connectivity index (χ4n) is 4.34. The number of aromatic nitrogens is 1. The van der Waals surface area contributed by atoms with Gasteiger partial charge in [-0.15, -0.1) is 0 Å². The quantitative estimate of drug-likeness (QED) is 0.590. The molecule has 1 aromatic heterocycles. The molecule has 170 valence electrons. The van der Waals surface area contributed by atoms with Crippen molar-refractivity contribution >= 4 is 0 Å². The van der Waals surface area contributed by atoms with Crippen LogP contribution in [0.4, 0.5) is 0 Å². The average Bonchev–Trinajstić information content (AvgIpc) is 2.79. The van der Waals surface area contributed by atoms with E-state index >= 15 is 0 Å². The SMILES string of the molecule is COc1cc(CN(C)Cc2cccnc2)ccc1OC[C@H](O)CN(C)C1CCCCC1. The third-order valence-electron chi connectivity index (χ3n) is 5.98. The summed E-state index contributed by atoms with van der Waals surface area (Å²) in [5.74, 6) is 1.36. The topological polar surface area (TPSA) is 58.1 Å². The van der Waals surface area contributed by atoms with Crippen LogP contribution in [0.2, 0.25) is 0 Å². The van der Waals surface area contributed by atoms with E-state index in [1.165, 1.54) is 37.7 Å². The third-order valence-corrected chi connectivity index (χ3v) is 5.98. The number of hydrogen-bond donors (Lipinski definition) is 1. The number of benzene rings is 1. The Morgan fingerprint density at radius 2 is 1.84 bits per heavy atom. The molecule has 1 atom stereocenters. The van der Waals surface area contributed by atoms with Gasteiger partial charge in [0.2, 0.25) is 0 Å². The standard InChI is InChI=1S/C25H37N3O3/c1-27(17-21-8-7-13-26-15-21)16-20-11-12-24(25(14-20)30-3)31-19-23(29)18-28(2)22-9-5-4-6-10-22/h7-8,11-15,22-23,29H,4-6,9-10,16-19H2,1-3H3/t23-/m1/s1. The predicted octanol–water partition coefficient (Wildman–Crippen LogP) is 3.73. The number of ether oxygens (including phenoxy) is 2. The highest BCUT2D eigenvalue weighted by molar-refractivity contribution is 5.43. The van der Waals surface area contributed by atoms with E-state index in [2.05, 4.69) is 41.0 Å². The van der Waals surface area contributed by atoms with Gasteiger partial charge in [-0.25, -0.2) is 0 Å². The van der Waals surface area contributed by atoms with Crippen LogP contribution < -0.4 is 9.47 Å². The fraction of sp³-hybridized carbons (Fsp3) is 0.560. The minimum absolute atomic E-state index is 0.258. The van der Waals surface area contributed by atoms with E-state index < -0.39 is 6.10 Å². The van der Waals surface area contributed by atoms with Gasteiger partial charge in [-0.3, -0.25) is 9.88 Å². The van der Waals surface area contributed by atoms with Gasteiger partial charge in [0.15, 0.2) is 11.5 Å². The Hall–Kier alpha value is -2.15. The van der Waals surface area contributed by atoms with Gasteiger partial charge in [-0.2, -0.15) is 0 Å². The summed E-state index contributed by atoms with van der Waals surface area (Å²) in [7, 11) is 5.85. The molecule has 2 aromatic rings. The van der Waals surface area contributed by atoms with Gasteiger partial charge >= 0.3 is 0 Å². The third kappa shape index (κ3) is 7.49. The van der Waals surface area contributed by atoms with Crippen molar-refractivity contribution < 1.29 is 14.6 Å². The first-order valence-corrected chi connectivity index (χ1v) is 11.3. The van der Waals surface area contributed by atoms with Crippen LogP contribution in [0, 0.1) is 0 Å². The lowest BCUT2D eigenvalue weighted by atomic mass is 9.94. The molecule has 1 N–H and O–H groups in total. The number of likely N-dealkylation sites (N-methyl/N-ethyl adjacent to an activating group) is 1. The predicted molar refractivity (Wildman–Crippen MR) is 123 cm³/mol. The monoisotopic (exact) mass is 427 g/mol. The van der Waals surface area contributed by atoms with E-state index in [0.717, 1.165) is 18.7 Å². The maximum Gasteiger partial charge on any atom is 0.161 e. The van der Waals surface area contributed by atoms with E-state index in [9.17, 15) is 5.11 Å². The zero-order chi connectivity index (χ0) is 22.1. The molecule has 1 aromatic carbocycles. The minimum atomic E-state index is -0.526. The summed E-state index contributed by atoms with van der Waals surface area (Å²) in [5.41, 5.74) is 2.33. The summed E-state index contributed by atoms with van der Waals surface area (Å²) in [6.45, 7) is 2.51. The highest BCUT2D eigenvalue weighted by atomic mass is 16.5. The van der Waals surface area contributed by atoms with Crippen LogP contribution in [0.5, 0.6) is 11.5 Å². The van der Waals surface area contributed by atoms with Crippen molar-refractivity contribution in [2.45, 2.75) is 57.3 Å². The second kappa shape index (κ2) is 12.0. The Bertz CT molecular complexity index is 781. The lowest BCUT2D eigenvalue weighted by Crippen LogP contribution is -2.40. The molecular weight excluding hydrogens is 390 g/mol. The Kier molecular flexibility index (Phi) is 9.13. The maximum atomic E-state index is 10.5. The van der Waals surface area contributed by atoms with Gasteiger partial charge in [0.25, 0.3) is 0 Å². The fourth-order valence-corrected chi connectivity index (χ4v) is 4.34. The van der Waals surface area contributed by atoms with Gasteiger partial charge in [0.05, 0.1) is 7.11 Å². The second-order valence-corrected chi connectivity index (χ2v) is 8.72. The largest absolute Gasteiger partial charge is 0.493 e. The van der Waals surface area contributed by atoms with Crippen LogP contribution in [0.15, 0.2) is 42.7 Å². The summed E-state index contributed by atoms with van der Waals surface area (Å²) >= 11 is 0. The van der Waals surface area contributed by atoms with Crippen LogP contribution in [0.25, 0.3) is 0 Å². The minimum Gasteiger partial charge on any atom is -0.493 e. The lowest BCUT2D eigenvalue weighted by molar-refractivity contribution is 0.0553. The average molecular weight is 428 g/mol. The smallest absolute Gasteiger partial charge is 0.161 e. The van der Waals surface area contributed by atoms with Crippen molar-refractivity contribution in [3.63, 3.8) is 0 Å². The Balaban J connectivity index is 1.49. The molecule has 1 saturated carbocycles. The van der Waals surface area contributed by atoms with Crippen molar-refractivity contribution in [2.75, 3.05) is 34.4 Å². The zero-order valence-electron chi connectivity index (χ0n) is 19.2. The molecule has 3 rings (SSSR count). The van der Waals surface area contributed by atoms with E-state index in [1.54, 1.807) is 13.3 Å². The van der Waals surface area contributed by atoms with Crippen LogP contribution in [0.3, 0.4) is 0 Å². The number of pyridine rings is 1. The number of aliphatic hydroxyl groups excluding tert-OH is 1. The molecule has 6 nitrogen and oxygen atoms in total. The molecule has 31 heavy (non-hydrogen) atoms. The molecule has 6 heteroatoms. The van der Waals surface area contributed by atoms with E-state index in [0.29, 0.717) is 24.1 Å². The first-order valence-electron chi connectivity index (χ1n) is 11.3. The highest BCUT2D eigenvalue weighted by Gasteiger charge is 2.20. The Morgan fingerprint density at radius 3 is 2.55 bits per heavy atom. The zero-order valence-corrected chi connectivity index (χ0v) is 19.2. The maximum absolute atomic E-state index is 10.5. The first kappa shape index (κ1) is 23.5.